The minimum absolute atomic E-state index is 0.0896. The lowest BCUT2D eigenvalue weighted by Crippen LogP contribution is -2.09. The first-order valence-corrected chi connectivity index (χ1v) is 5.56. The summed E-state index contributed by atoms with van der Waals surface area (Å²) in [5, 5.41) is 12.2. The molecule has 1 heterocycles. The molecule has 18 heavy (non-hydrogen) atoms. The molecule has 0 aliphatic rings. The molecule has 0 atom stereocenters. The van der Waals surface area contributed by atoms with Gasteiger partial charge in [-0.3, -0.25) is 0 Å². The molecule has 3 nitrogen and oxygen atoms in total. The van der Waals surface area contributed by atoms with Crippen molar-refractivity contribution in [2.24, 2.45) is 11.1 Å². The largest absolute Gasteiger partial charge is 0.454 e. The Kier molecular flexibility index (Phi) is 3.07. The van der Waals surface area contributed by atoms with Crippen molar-refractivity contribution in [2.45, 2.75) is 20.8 Å². The molecule has 1 N–H and O–H groups in total. The number of nitrogens with zero attached hydrogens (tertiary/aromatic N) is 1. The molecule has 0 fully saturated rings. The lowest BCUT2D eigenvalue weighted by Gasteiger charge is -2.05. The van der Waals surface area contributed by atoms with E-state index in [2.05, 4.69) is 5.16 Å². The van der Waals surface area contributed by atoms with Gasteiger partial charge in [-0.1, -0.05) is 19.0 Å². The van der Waals surface area contributed by atoms with Crippen LogP contribution in [0.15, 0.2) is 21.7 Å². The van der Waals surface area contributed by atoms with E-state index < -0.39 is 11.6 Å². The Labute approximate surface area is 103 Å². The lowest BCUT2D eigenvalue weighted by atomic mass is 10.0. The van der Waals surface area contributed by atoms with Crippen molar-refractivity contribution in [2.75, 3.05) is 0 Å². The fraction of sp³-hybridized carbons (Fsp3) is 0.308. The van der Waals surface area contributed by atoms with Crippen LogP contribution in [0.25, 0.3) is 11.0 Å². The minimum Gasteiger partial charge on any atom is -0.454 e. The van der Waals surface area contributed by atoms with Gasteiger partial charge in [0.15, 0.2) is 17.4 Å². The highest BCUT2D eigenvalue weighted by Gasteiger charge is 2.22. The molecule has 0 bridgehead atoms. The molecule has 2 rings (SSSR count). The third-order valence-electron chi connectivity index (χ3n) is 2.87. The maximum atomic E-state index is 13.7. The summed E-state index contributed by atoms with van der Waals surface area (Å²) in [4.78, 5) is 0. The SMILES string of the molecule is Cc1c(/C(=N\O)C(C)C)oc2ccc(F)c(F)c12. The van der Waals surface area contributed by atoms with E-state index in [1.807, 2.05) is 13.8 Å². The lowest BCUT2D eigenvalue weighted by molar-refractivity contribution is 0.315. The van der Waals surface area contributed by atoms with Gasteiger partial charge in [-0.25, -0.2) is 8.78 Å². The Hall–Kier alpha value is -1.91. The number of furan rings is 1. The molecule has 0 aliphatic heterocycles. The van der Waals surface area contributed by atoms with Crippen LogP contribution < -0.4 is 0 Å². The average Bonchev–Trinajstić information content (AvgIpc) is 2.63. The van der Waals surface area contributed by atoms with Crippen molar-refractivity contribution in [3.05, 3.63) is 35.1 Å². The number of benzene rings is 1. The predicted octanol–water partition coefficient (Wildman–Crippen LogP) is 3.85. The number of rotatable bonds is 2. The van der Waals surface area contributed by atoms with Gasteiger partial charge >= 0.3 is 0 Å². The second kappa shape index (κ2) is 4.40. The van der Waals surface area contributed by atoms with Crippen LogP contribution in [0.5, 0.6) is 0 Å². The molecule has 0 saturated heterocycles. The summed E-state index contributed by atoms with van der Waals surface area (Å²) >= 11 is 0. The van der Waals surface area contributed by atoms with Crippen molar-refractivity contribution in [1.82, 2.24) is 0 Å². The van der Waals surface area contributed by atoms with Gasteiger partial charge in [0, 0.05) is 11.5 Å². The highest BCUT2D eigenvalue weighted by molar-refractivity contribution is 6.04. The van der Waals surface area contributed by atoms with Crippen LogP contribution in [-0.4, -0.2) is 10.9 Å². The molecule has 0 amide bonds. The van der Waals surface area contributed by atoms with Gasteiger partial charge in [0.1, 0.15) is 11.3 Å². The van der Waals surface area contributed by atoms with Gasteiger partial charge in [-0.2, -0.15) is 0 Å². The topological polar surface area (TPSA) is 45.7 Å². The molecule has 0 saturated carbocycles. The van der Waals surface area contributed by atoms with Crippen LogP contribution in [0.1, 0.15) is 25.2 Å². The van der Waals surface area contributed by atoms with Crippen molar-refractivity contribution < 1.29 is 18.4 Å². The third-order valence-corrected chi connectivity index (χ3v) is 2.87. The summed E-state index contributed by atoms with van der Waals surface area (Å²) in [6, 6.07) is 2.37. The average molecular weight is 253 g/mol. The monoisotopic (exact) mass is 253 g/mol. The summed E-state index contributed by atoms with van der Waals surface area (Å²) < 4.78 is 32.3. The molecule has 5 heteroatoms. The molecular formula is C13H13F2NO2. The van der Waals surface area contributed by atoms with E-state index in [-0.39, 0.29) is 22.6 Å². The van der Waals surface area contributed by atoms with E-state index in [1.54, 1.807) is 6.92 Å². The van der Waals surface area contributed by atoms with Gasteiger partial charge < -0.3 is 9.62 Å². The summed E-state index contributed by atoms with van der Waals surface area (Å²) in [5.74, 6) is -1.68. The molecule has 2 aromatic rings. The third kappa shape index (κ3) is 1.75. The number of hydrogen-bond donors (Lipinski definition) is 1. The standard InChI is InChI=1S/C13H13F2NO2/c1-6(2)12(16-17)13-7(3)10-9(18-13)5-4-8(14)11(10)15/h4-6,17H,1-3H3/b16-12-. The Balaban J connectivity index is 2.76. The Morgan fingerprint density at radius 3 is 2.56 bits per heavy atom. The molecule has 1 aromatic carbocycles. The van der Waals surface area contributed by atoms with Gasteiger partial charge in [0.05, 0.1) is 5.39 Å². The normalized spacial score (nSPS) is 12.7. The van der Waals surface area contributed by atoms with Gasteiger partial charge in [0.2, 0.25) is 0 Å². The number of hydrogen-bond acceptors (Lipinski definition) is 3. The number of fused-ring (bicyclic) bond motifs is 1. The number of halogens is 2. The fourth-order valence-electron chi connectivity index (χ4n) is 1.93. The quantitative estimate of drug-likeness (QED) is 0.502. The summed E-state index contributed by atoms with van der Waals surface area (Å²) in [7, 11) is 0. The molecule has 0 radical (unpaired) electrons. The van der Waals surface area contributed by atoms with Crippen molar-refractivity contribution in [3.63, 3.8) is 0 Å². The molecule has 1 aromatic heterocycles. The molecule has 0 unspecified atom stereocenters. The van der Waals surface area contributed by atoms with Gasteiger partial charge in [0.25, 0.3) is 0 Å². The molecule has 96 valence electrons. The highest BCUT2D eigenvalue weighted by Crippen LogP contribution is 2.30. The van der Waals surface area contributed by atoms with Crippen LogP contribution in [-0.2, 0) is 0 Å². The Morgan fingerprint density at radius 1 is 1.33 bits per heavy atom. The Bertz CT molecular complexity index is 629. The van der Waals surface area contributed by atoms with Crippen molar-refractivity contribution in [1.29, 1.82) is 0 Å². The first-order valence-electron chi connectivity index (χ1n) is 5.56. The van der Waals surface area contributed by atoms with E-state index in [0.717, 1.165) is 6.07 Å². The summed E-state index contributed by atoms with van der Waals surface area (Å²) in [6.45, 7) is 5.24. The van der Waals surface area contributed by atoms with E-state index in [4.69, 9.17) is 9.62 Å². The molecular weight excluding hydrogens is 240 g/mol. The van der Waals surface area contributed by atoms with Crippen LogP contribution in [0.4, 0.5) is 8.78 Å². The zero-order valence-electron chi connectivity index (χ0n) is 10.3. The van der Waals surface area contributed by atoms with Crippen LogP contribution in [0, 0.1) is 24.5 Å². The summed E-state index contributed by atoms with van der Waals surface area (Å²) in [5.41, 5.74) is 0.982. The van der Waals surface area contributed by atoms with Crippen molar-refractivity contribution in [3.8, 4) is 0 Å². The van der Waals surface area contributed by atoms with Gasteiger partial charge in [-0.05, 0) is 19.1 Å². The maximum Gasteiger partial charge on any atom is 0.170 e. The first-order chi connectivity index (χ1) is 8.47. The predicted molar refractivity (Wildman–Crippen MR) is 64.0 cm³/mol. The van der Waals surface area contributed by atoms with Gasteiger partial charge in [-0.15, -0.1) is 0 Å². The minimum atomic E-state index is -0.943. The zero-order chi connectivity index (χ0) is 13.4. The smallest absolute Gasteiger partial charge is 0.170 e. The second-order valence-electron chi connectivity index (χ2n) is 4.43. The number of oxime groups is 1. The summed E-state index contributed by atoms with van der Waals surface area (Å²) in [6.07, 6.45) is 0. The molecule has 0 spiro atoms. The van der Waals surface area contributed by atoms with Crippen LogP contribution in [0.2, 0.25) is 0 Å². The fourth-order valence-corrected chi connectivity index (χ4v) is 1.93. The van der Waals surface area contributed by atoms with E-state index in [0.29, 0.717) is 11.3 Å². The van der Waals surface area contributed by atoms with E-state index in [1.165, 1.54) is 6.07 Å². The number of aryl methyl sites for hydroxylation is 1. The van der Waals surface area contributed by atoms with Crippen LogP contribution >= 0.6 is 0 Å². The second-order valence-corrected chi connectivity index (χ2v) is 4.43. The van der Waals surface area contributed by atoms with Crippen molar-refractivity contribution >= 4 is 16.7 Å². The van der Waals surface area contributed by atoms with Crippen LogP contribution in [0.3, 0.4) is 0 Å². The highest BCUT2D eigenvalue weighted by atomic mass is 19.2. The Morgan fingerprint density at radius 2 is 2.00 bits per heavy atom. The molecule has 0 aliphatic carbocycles. The van der Waals surface area contributed by atoms with E-state index in [9.17, 15) is 8.78 Å². The maximum absolute atomic E-state index is 13.7. The first kappa shape index (κ1) is 12.5. The zero-order valence-corrected chi connectivity index (χ0v) is 10.3. The van der Waals surface area contributed by atoms with E-state index >= 15 is 0 Å².